The molecule has 9 heteroatoms. The van der Waals surface area contributed by atoms with E-state index in [4.69, 9.17) is 9.57 Å². The van der Waals surface area contributed by atoms with Crippen molar-refractivity contribution in [3.8, 4) is 0 Å². The van der Waals surface area contributed by atoms with E-state index >= 15 is 0 Å². The number of nitrogens with zero attached hydrogens (tertiary/aromatic N) is 1. The number of imide groups is 1. The van der Waals surface area contributed by atoms with E-state index in [9.17, 15) is 19.2 Å². The van der Waals surface area contributed by atoms with Gasteiger partial charge in [-0.15, -0.1) is 5.06 Å². The molecule has 3 amide bonds. The van der Waals surface area contributed by atoms with Gasteiger partial charge in [0.25, 0.3) is 11.8 Å². The molecule has 1 atom stereocenters. The van der Waals surface area contributed by atoms with E-state index in [-0.39, 0.29) is 25.4 Å². The number of carbonyl (C=O) groups is 4. The van der Waals surface area contributed by atoms with Crippen LogP contribution >= 0.6 is 0 Å². The fraction of sp³-hybridized carbons (Fsp3) is 0.733. The molecule has 136 valence electrons. The predicted octanol–water partition coefficient (Wildman–Crippen LogP) is 1.68. The second-order valence-corrected chi connectivity index (χ2v) is 12.9. The number of hydroxylamine groups is 2. The van der Waals surface area contributed by atoms with E-state index in [1.165, 1.54) is 0 Å². The molecule has 1 rings (SSSR count). The highest BCUT2D eigenvalue weighted by atomic mass is 28.3. The van der Waals surface area contributed by atoms with Crippen molar-refractivity contribution in [2.45, 2.75) is 58.4 Å². The first kappa shape index (κ1) is 20.1. The predicted molar refractivity (Wildman–Crippen MR) is 88.4 cm³/mol. The topological polar surface area (TPSA) is 102 Å². The zero-order chi connectivity index (χ0) is 18.5. The van der Waals surface area contributed by atoms with Gasteiger partial charge in [-0.2, -0.15) is 0 Å². The maximum absolute atomic E-state index is 12.2. The Morgan fingerprint density at radius 1 is 1.17 bits per heavy atom. The third kappa shape index (κ3) is 6.30. The van der Waals surface area contributed by atoms with E-state index < -0.39 is 38.0 Å². The van der Waals surface area contributed by atoms with Gasteiger partial charge in [0.05, 0.1) is 6.61 Å². The van der Waals surface area contributed by atoms with Crippen LogP contribution in [0.15, 0.2) is 0 Å². The minimum atomic E-state index is -1.33. The van der Waals surface area contributed by atoms with E-state index in [1.54, 1.807) is 13.8 Å². The smallest absolute Gasteiger partial charge is 0.407 e. The summed E-state index contributed by atoms with van der Waals surface area (Å²) in [5.41, 5.74) is 0. The van der Waals surface area contributed by atoms with Crippen LogP contribution in [-0.2, 0) is 24.0 Å². The lowest BCUT2D eigenvalue weighted by Crippen LogP contribution is -2.48. The minimum absolute atomic E-state index is 0.0185. The van der Waals surface area contributed by atoms with Gasteiger partial charge in [0.1, 0.15) is 6.04 Å². The Hall–Kier alpha value is -1.90. The highest BCUT2D eigenvalue weighted by molar-refractivity contribution is 6.76. The molecule has 1 N–H and O–H groups in total. The first-order valence-corrected chi connectivity index (χ1v) is 11.7. The van der Waals surface area contributed by atoms with Crippen molar-refractivity contribution in [3.63, 3.8) is 0 Å². The summed E-state index contributed by atoms with van der Waals surface area (Å²) in [6.45, 7) is 10.2. The van der Waals surface area contributed by atoms with Crippen molar-refractivity contribution in [3.05, 3.63) is 0 Å². The van der Waals surface area contributed by atoms with E-state index in [2.05, 4.69) is 25.0 Å². The summed E-state index contributed by atoms with van der Waals surface area (Å²) < 4.78 is 5.09. The van der Waals surface area contributed by atoms with Gasteiger partial charge in [0, 0.05) is 20.9 Å². The van der Waals surface area contributed by atoms with Crippen LogP contribution in [0.1, 0.15) is 26.7 Å². The molecule has 0 aliphatic carbocycles. The molecular formula is C15H26N2O6Si. The number of amides is 3. The molecule has 1 aliphatic rings. The minimum Gasteiger partial charge on any atom is -0.450 e. The Morgan fingerprint density at radius 3 is 2.17 bits per heavy atom. The first-order chi connectivity index (χ1) is 11.0. The lowest BCUT2D eigenvalue weighted by atomic mass is 10.1. The molecule has 0 aromatic heterocycles. The van der Waals surface area contributed by atoms with Crippen LogP contribution in [0, 0.1) is 5.92 Å². The zero-order valence-electron chi connectivity index (χ0n) is 14.9. The van der Waals surface area contributed by atoms with Crippen LogP contribution in [0.5, 0.6) is 0 Å². The summed E-state index contributed by atoms with van der Waals surface area (Å²) in [7, 11) is -1.33. The molecule has 0 aromatic carbocycles. The van der Waals surface area contributed by atoms with Gasteiger partial charge in [-0.05, 0) is 12.0 Å². The molecule has 8 nitrogen and oxygen atoms in total. The lowest BCUT2D eigenvalue weighted by molar-refractivity contribution is -0.199. The largest absolute Gasteiger partial charge is 0.450 e. The third-order valence-electron chi connectivity index (χ3n) is 3.47. The van der Waals surface area contributed by atoms with Crippen LogP contribution in [-0.4, -0.2) is 49.7 Å². The molecular weight excluding hydrogens is 332 g/mol. The molecule has 1 aliphatic heterocycles. The highest BCUT2D eigenvalue weighted by Gasteiger charge is 2.36. The molecule has 24 heavy (non-hydrogen) atoms. The summed E-state index contributed by atoms with van der Waals surface area (Å²) in [5.74, 6) is -2.28. The van der Waals surface area contributed by atoms with Gasteiger partial charge in [-0.3, -0.25) is 9.59 Å². The van der Waals surface area contributed by atoms with Gasteiger partial charge < -0.3 is 14.9 Å². The number of rotatable bonds is 7. The molecule has 0 bridgehead atoms. The average Bonchev–Trinajstić information content (AvgIpc) is 2.74. The molecule has 0 spiro atoms. The number of hydrogen-bond acceptors (Lipinski definition) is 6. The molecule has 0 radical (unpaired) electrons. The Morgan fingerprint density at radius 2 is 1.71 bits per heavy atom. The van der Waals surface area contributed by atoms with Gasteiger partial charge in [-0.25, -0.2) is 9.59 Å². The van der Waals surface area contributed by atoms with Crippen LogP contribution in [0.4, 0.5) is 4.79 Å². The fourth-order valence-corrected chi connectivity index (χ4v) is 2.64. The van der Waals surface area contributed by atoms with E-state index in [1.807, 2.05) is 0 Å². The second kappa shape index (κ2) is 8.27. The monoisotopic (exact) mass is 358 g/mol. The average molecular weight is 358 g/mol. The van der Waals surface area contributed by atoms with Gasteiger partial charge >= 0.3 is 12.1 Å². The number of carbonyl (C=O) groups excluding carboxylic acids is 4. The van der Waals surface area contributed by atoms with Crippen molar-refractivity contribution < 1.29 is 28.8 Å². The van der Waals surface area contributed by atoms with Crippen LogP contribution in [0.3, 0.4) is 0 Å². The van der Waals surface area contributed by atoms with Crippen LogP contribution < -0.4 is 5.32 Å². The molecule has 1 fully saturated rings. The second-order valence-electron chi connectivity index (χ2n) is 7.30. The van der Waals surface area contributed by atoms with E-state index in [0.717, 1.165) is 6.04 Å². The Bertz CT molecular complexity index is 499. The summed E-state index contributed by atoms with van der Waals surface area (Å²) in [5, 5.41) is 2.90. The first-order valence-electron chi connectivity index (χ1n) is 8.02. The molecule has 1 saturated heterocycles. The Balaban J connectivity index is 2.56. The molecule has 1 heterocycles. The summed E-state index contributed by atoms with van der Waals surface area (Å²) in [6, 6.07) is -0.195. The SMILES string of the molecule is CC(C)[C@@H](NC(=O)OCC[Si](C)(C)C)C(=O)ON1C(=O)CCC1=O. The Labute approximate surface area is 142 Å². The number of alkyl carbamates (subject to hydrolysis) is 1. The van der Waals surface area contributed by atoms with Crippen LogP contribution in [0.25, 0.3) is 0 Å². The number of ether oxygens (including phenoxy) is 1. The summed E-state index contributed by atoms with van der Waals surface area (Å²) in [4.78, 5) is 51.8. The van der Waals surface area contributed by atoms with E-state index in [0.29, 0.717) is 5.06 Å². The van der Waals surface area contributed by atoms with Gasteiger partial charge in [0.2, 0.25) is 0 Å². The number of nitrogens with one attached hydrogen (secondary N) is 1. The Kier molecular flexibility index (Phi) is 6.94. The standard InChI is InChI=1S/C15H26N2O6Si/c1-10(2)13(16-15(21)22-8-9-24(3,4)5)14(20)23-17-11(18)6-7-12(17)19/h10,13H,6-9H2,1-5H3,(H,16,21)/t13-/m1/s1. The quantitative estimate of drug-likeness (QED) is 0.549. The molecule has 0 aromatic rings. The van der Waals surface area contributed by atoms with Gasteiger partial charge in [0.15, 0.2) is 0 Å². The maximum Gasteiger partial charge on any atom is 0.407 e. The molecule has 0 saturated carbocycles. The normalized spacial score (nSPS) is 16.3. The van der Waals surface area contributed by atoms with Crippen molar-refractivity contribution in [2.24, 2.45) is 5.92 Å². The summed E-state index contributed by atoms with van der Waals surface area (Å²) >= 11 is 0. The van der Waals surface area contributed by atoms with Crippen molar-refractivity contribution in [1.82, 2.24) is 10.4 Å². The lowest BCUT2D eigenvalue weighted by Gasteiger charge is -2.23. The highest BCUT2D eigenvalue weighted by Crippen LogP contribution is 2.14. The van der Waals surface area contributed by atoms with Crippen molar-refractivity contribution >= 4 is 32.0 Å². The third-order valence-corrected chi connectivity index (χ3v) is 5.17. The van der Waals surface area contributed by atoms with Crippen molar-refractivity contribution in [2.75, 3.05) is 6.61 Å². The number of hydrogen-bond donors (Lipinski definition) is 1. The van der Waals surface area contributed by atoms with Crippen LogP contribution in [0.2, 0.25) is 25.7 Å². The summed E-state index contributed by atoms with van der Waals surface area (Å²) in [6.07, 6.45) is -0.683. The maximum atomic E-state index is 12.2. The molecule has 0 unspecified atom stereocenters. The van der Waals surface area contributed by atoms with Gasteiger partial charge in [-0.1, -0.05) is 33.5 Å². The zero-order valence-corrected chi connectivity index (χ0v) is 15.9. The fourth-order valence-electron chi connectivity index (χ4n) is 1.92. The van der Waals surface area contributed by atoms with Crippen molar-refractivity contribution in [1.29, 1.82) is 0 Å².